The lowest BCUT2D eigenvalue weighted by atomic mass is 10.1. The molecule has 7 heteroatoms. The summed E-state index contributed by atoms with van der Waals surface area (Å²) in [5.74, 6) is -2.41. The van der Waals surface area contributed by atoms with E-state index in [-0.39, 0.29) is 12.2 Å². The van der Waals surface area contributed by atoms with Crippen molar-refractivity contribution in [3.05, 3.63) is 35.7 Å². The normalized spacial score (nSPS) is 10.2. The lowest BCUT2D eigenvalue weighted by molar-refractivity contribution is -0.131. The fraction of sp³-hybridized carbons (Fsp3) is 0.0909. The highest BCUT2D eigenvalue weighted by atomic mass is 16.4. The maximum Gasteiger partial charge on any atom is 0.328 e. The molecule has 1 aromatic heterocycles. The number of aromatic nitrogens is 1. The highest BCUT2D eigenvalue weighted by Crippen LogP contribution is 2.07. The molecule has 0 saturated carbocycles. The van der Waals surface area contributed by atoms with E-state index in [0.29, 0.717) is 5.56 Å². The maximum atomic E-state index is 11.7. The molecule has 0 fully saturated rings. The number of amides is 2. The summed E-state index contributed by atoms with van der Waals surface area (Å²) in [7, 11) is 0. The molecule has 0 atom stereocenters. The summed E-state index contributed by atoms with van der Waals surface area (Å²) in [5.41, 5.74) is 5.25. The Morgan fingerprint density at radius 3 is 2.78 bits per heavy atom. The molecule has 0 saturated heterocycles. The minimum atomic E-state index is -1.14. The third-order valence-electron chi connectivity index (χ3n) is 1.88. The molecule has 0 aliphatic carbocycles. The van der Waals surface area contributed by atoms with E-state index >= 15 is 0 Å². The Morgan fingerprint density at radius 1 is 1.44 bits per heavy atom. The van der Waals surface area contributed by atoms with Crippen molar-refractivity contribution in [3.63, 3.8) is 0 Å². The number of hydrogen-bond donors (Lipinski definition) is 3. The number of carboxylic acid groups (broad SMARTS) is 1. The smallest absolute Gasteiger partial charge is 0.328 e. The Hall–Kier alpha value is -2.70. The Morgan fingerprint density at radius 2 is 2.17 bits per heavy atom. The third kappa shape index (κ3) is 4.05. The van der Waals surface area contributed by atoms with Crippen LogP contribution in [0, 0.1) is 0 Å². The molecule has 94 valence electrons. The summed E-state index contributed by atoms with van der Waals surface area (Å²) in [5, 5.41) is 10.8. The van der Waals surface area contributed by atoms with Crippen LogP contribution in [-0.2, 0) is 9.59 Å². The average Bonchev–Trinajstić information content (AvgIpc) is 2.33. The molecule has 0 aliphatic rings. The first-order chi connectivity index (χ1) is 8.50. The Kier molecular flexibility index (Phi) is 4.56. The number of nitrogens with zero attached hydrogens (tertiary/aromatic N) is 1. The van der Waals surface area contributed by atoms with Gasteiger partial charge in [-0.3, -0.25) is 14.6 Å². The lowest BCUT2D eigenvalue weighted by Crippen LogP contribution is -2.34. The molecular formula is C11H11N3O4. The maximum absolute atomic E-state index is 11.7. The van der Waals surface area contributed by atoms with Gasteiger partial charge in [0.2, 0.25) is 5.91 Å². The van der Waals surface area contributed by atoms with Gasteiger partial charge in [-0.15, -0.1) is 0 Å². The van der Waals surface area contributed by atoms with E-state index in [1.165, 1.54) is 18.3 Å². The van der Waals surface area contributed by atoms with Crippen molar-refractivity contribution in [3.8, 4) is 0 Å². The van der Waals surface area contributed by atoms with Crippen molar-refractivity contribution in [2.45, 2.75) is 0 Å². The van der Waals surface area contributed by atoms with Gasteiger partial charge in [-0.25, -0.2) is 4.79 Å². The van der Waals surface area contributed by atoms with Crippen molar-refractivity contribution in [1.29, 1.82) is 0 Å². The molecule has 0 radical (unpaired) electrons. The van der Waals surface area contributed by atoms with Gasteiger partial charge in [0.25, 0.3) is 5.91 Å². The molecule has 0 unspecified atom stereocenters. The first kappa shape index (κ1) is 13.4. The van der Waals surface area contributed by atoms with Gasteiger partial charge < -0.3 is 16.2 Å². The second-order valence-electron chi connectivity index (χ2n) is 3.26. The average molecular weight is 249 g/mol. The van der Waals surface area contributed by atoms with Gasteiger partial charge in [-0.05, 0) is 12.1 Å². The fourth-order valence-electron chi connectivity index (χ4n) is 1.15. The summed E-state index contributed by atoms with van der Waals surface area (Å²) in [6.07, 6.45) is 3.52. The van der Waals surface area contributed by atoms with E-state index < -0.39 is 17.8 Å². The number of carboxylic acids is 1. The molecule has 7 nitrogen and oxygen atoms in total. The van der Waals surface area contributed by atoms with Gasteiger partial charge in [-0.2, -0.15) is 0 Å². The molecule has 1 heterocycles. The largest absolute Gasteiger partial charge is 0.478 e. The van der Waals surface area contributed by atoms with Gasteiger partial charge in [0.1, 0.15) is 5.69 Å². The van der Waals surface area contributed by atoms with E-state index in [9.17, 15) is 14.4 Å². The summed E-state index contributed by atoms with van der Waals surface area (Å²) in [6.45, 7) is -0.308. The molecule has 0 bridgehead atoms. The number of rotatable bonds is 5. The summed E-state index contributed by atoms with van der Waals surface area (Å²) >= 11 is 0. The van der Waals surface area contributed by atoms with E-state index in [4.69, 9.17) is 10.8 Å². The number of pyridine rings is 1. The van der Waals surface area contributed by atoms with Gasteiger partial charge in [0.05, 0.1) is 6.54 Å². The van der Waals surface area contributed by atoms with E-state index in [1.54, 1.807) is 6.07 Å². The van der Waals surface area contributed by atoms with Crippen molar-refractivity contribution < 1.29 is 19.5 Å². The topological polar surface area (TPSA) is 122 Å². The molecular weight excluding hydrogens is 238 g/mol. The third-order valence-corrected chi connectivity index (χ3v) is 1.88. The van der Waals surface area contributed by atoms with Crippen LogP contribution in [0.15, 0.2) is 24.4 Å². The highest BCUT2D eigenvalue weighted by Gasteiger charge is 2.11. The van der Waals surface area contributed by atoms with Crippen molar-refractivity contribution >= 4 is 23.9 Å². The van der Waals surface area contributed by atoms with Gasteiger partial charge in [0, 0.05) is 17.8 Å². The number of primary amides is 1. The van der Waals surface area contributed by atoms with E-state index in [0.717, 1.165) is 6.08 Å². The van der Waals surface area contributed by atoms with Crippen LogP contribution in [0.3, 0.4) is 0 Å². The zero-order valence-corrected chi connectivity index (χ0v) is 9.29. The monoisotopic (exact) mass is 249 g/mol. The van der Waals surface area contributed by atoms with Crippen LogP contribution >= 0.6 is 0 Å². The van der Waals surface area contributed by atoms with Crippen molar-refractivity contribution in [1.82, 2.24) is 10.3 Å². The molecule has 0 aliphatic heterocycles. The molecule has 0 aromatic carbocycles. The van der Waals surface area contributed by atoms with Gasteiger partial charge >= 0.3 is 5.97 Å². The van der Waals surface area contributed by atoms with Crippen LogP contribution in [-0.4, -0.2) is 34.4 Å². The van der Waals surface area contributed by atoms with Crippen molar-refractivity contribution in [2.24, 2.45) is 5.73 Å². The van der Waals surface area contributed by atoms with E-state index in [1.807, 2.05) is 0 Å². The standard InChI is InChI=1S/C11H11N3O4/c12-8(15)6-14-11(18)10-7(2-1-5-13-10)3-4-9(16)17/h1-5H,6H2,(H2,12,15)(H,14,18)(H,16,17)/b4-3+. The SMILES string of the molecule is NC(=O)CNC(=O)c1ncccc1/C=C/C(=O)O. The number of hydrogen-bond acceptors (Lipinski definition) is 4. The second-order valence-corrected chi connectivity index (χ2v) is 3.26. The number of aliphatic carboxylic acids is 1. The fourth-order valence-corrected chi connectivity index (χ4v) is 1.15. The van der Waals surface area contributed by atoms with Gasteiger partial charge in [0.15, 0.2) is 0 Å². The molecule has 18 heavy (non-hydrogen) atoms. The molecule has 1 aromatic rings. The van der Waals surface area contributed by atoms with Crippen LogP contribution in [0.2, 0.25) is 0 Å². The molecule has 0 spiro atoms. The van der Waals surface area contributed by atoms with Crippen LogP contribution in [0.25, 0.3) is 6.08 Å². The minimum absolute atomic E-state index is 0.0243. The highest BCUT2D eigenvalue weighted by molar-refractivity contribution is 5.98. The molecule has 2 amide bonds. The Labute approximate surface area is 102 Å². The summed E-state index contributed by atoms with van der Waals surface area (Å²) in [6, 6.07) is 3.10. The van der Waals surface area contributed by atoms with Crippen molar-refractivity contribution in [2.75, 3.05) is 6.54 Å². The zero-order valence-electron chi connectivity index (χ0n) is 9.29. The molecule has 4 N–H and O–H groups in total. The van der Waals surface area contributed by atoms with E-state index in [2.05, 4.69) is 10.3 Å². The second kappa shape index (κ2) is 6.14. The number of nitrogens with one attached hydrogen (secondary N) is 1. The Balaban J connectivity index is 2.91. The lowest BCUT2D eigenvalue weighted by Gasteiger charge is -2.04. The Bertz CT molecular complexity index is 511. The predicted molar refractivity (Wildman–Crippen MR) is 62.4 cm³/mol. The quantitative estimate of drug-likeness (QED) is 0.601. The summed E-state index contributed by atoms with van der Waals surface area (Å²) < 4.78 is 0. The van der Waals surface area contributed by atoms with Crippen LogP contribution in [0.1, 0.15) is 16.1 Å². The molecule has 1 rings (SSSR count). The minimum Gasteiger partial charge on any atom is -0.478 e. The first-order valence-corrected chi connectivity index (χ1v) is 4.93. The zero-order chi connectivity index (χ0) is 13.5. The van der Waals surface area contributed by atoms with Crippen LogP contribution < -0.4 is 11.1 Å². The van der Waals surface area contributed by atoms with Gasteiger partial charge in [-0.1, -0.05) is 6.07 Å². The number of nitrogens with two attached hydrogens (primary N) is 1. The number of carbonyl (C=O) groups is 3. The summed E-state index contributed by atoms with van der Waals surface area (Å²) in [4.78, 5) is 36.4. The predicted octanol–water partition coefficient (Wildman–Crippen LogP) is -0.605. The number of carbonyl (C=O) groups excluding carboxylic acids is 2. The first-order valence-electron chi connectivity index (χ1n) is 4.93. The van der Waals surface area contributed by atoms with Crippen LogP contribution in [0.5, 0.6) is 0 Å². The van der Waals surface area contributed by atoms with Crippen LogP contribution in [0.4, 0.5) is 0 Å².